The van der Waals surface area contributed by atoms with Gasteiger partial charge in [0.1, 0.15) is 11.9 Å². The van der Waals surface area contributed by atoms with Gasteiger partial charge in [-0.05, 0) is 125 Å². The molecule has 0 aliphatic carbocycles. The van der Waals surface area contributed by atoms with Crippen molar-refractivity contribution in [3.63, 3.8) is 0 Å². The SMILES string of the molecule is CCOCC[C@H](NC(=O)C(CC(C)C)n1cc(CCN2CCC2)c(C(F)(F)F)cc1=O)c1cc(-c2c(C)cc(C)cc2C)cc(C)c1F. The molecule has 2 aromatic carbocycles. The van der Waals surface area contributed by atoms with Gasteiger partial charge in [0.2, 0.25) is 5.91 Å². The van der Waals surface area contributed by atoms with E-state index >= 15 is 4.39 Å². The van der Waals surface area contributed by atoms with E-state index in [9.17, 15) is 22.8 Å². The number of hydrogen-bond acceptors (Lipinski definition) is 4. The first-order chi connectivity index (χ1) is 22.6. The van der Waals surface area contributed by atoms with E-state index in [-0.39, 0.29) is 42.9 Å². The maximum Gasteiger partial charge on any atom is 0.416 e. The average molecular weight is 672 g/mol. The van der Waals surface area contributed by atoms with Crippen molar-refractivity contribution in [2.75, 3.05) is 32.8 Å². The van der Waals surface area contributed by atoms with E-state index in [1.165, 1.54) is 6.20 Å². The molecule has 1 unspecified atom stereocenters. The molecule has 1 saturated heterocycles. The van der Waals surface area contributed by atoms with Crippen LogP contribution in [0.5, 0.6) is 0 Å². The Morgan fingerprint density at radius 2 is 1.67 bits per heavy atom. The van der Waals surface area contributed by atoms with Crippen molar-refractivity contribution < 1.29 is 27.1 Å². The normalized spacial score (nSPS) is 15.0. The molecule has 1 fully saturated rings. The summed E-state index contributed by atoms with van der Waals surface area (Å²) < 4.78 is 64.9. The molecule has 1 amide bonds. The molecule has 262 valence electrons. The zero-order valence-electron chi connectivity index (χ0n) is 29.2. The zero-order chi connectivity index (χ0) is 35.3. The highest BCUT2D eigenvalue weighted by atomic mass is 19.4. The van der Waals surface area contributed by atoms with Crippen LogP contribution in [0.4, 0.5) is 17.6 Å². The number of benzene rings is 2. The van der Waals surface area contributed by atoms with Crippen LogP contribution in [-0.4, -0.2) is 48.2 Å². The van der Waals surface area contributed by atoms with Crippen LogP contribution in [0.25, 0.3) is 11.1 Å². The lowest BCUT2D eigenvalue weighted by Crippen LogP contribution is -2.41. The summed E-state index contributed by atoms with van der Waals surface area (Å²) in [6, 6.07) is 6.40. The van der Waals surface area contributed by atoms with Crippen molar-refractivity contribution in [2.24, 2.45) is 5.92 Å². The Kier molecular flexibility index (Phi) is 12.3. The van der Waals surface area contributed by atoms with Gasteiger partial charge in [0.25, 0.3) is 5.56 Å². The fraction of sp³-hybridized carbons (Fsp3) is 0.526. The van der Waals surface area contributed by atoms with Crippen LogP contribution in [0.3, 0.4) is 0 Å². The number of halogens is 4. The number of nitrogens with zero attached hydrogens (tertiary/aromatic N) is 2. The minimum absolute atomic E-state index is 0.0262. The van der Waals surface area contributed by atoms with E-state index < -0.39 is 41.1 Å². The van der Waals surface area contributed by atoms with Crippen LogP contribution in [0.15, 0.2) is 41.3 Å². The summed E-state index contributed by atoms with van der Waals surface area (Å²) in [7, 11) is 0. The van der Waals surface area contributed by atoms with Crippen LogP contribution in [0.1, 0.15) is 91.1 Å². The lowest BCUT2D eigenvalue weighted by atomic mass is 9.89. The molecule has 3 aromatic rings. The molecule has 1 aromatic heterocycles. The minimum atomic E-state index is -4.71. The summed E-state index contributed by atoms with van der Waals surface area (Å²) in [6.07, 6.45) is -1.96. The third-order valence-electron chi connectivity index (χ3n) is 9.14. The van der Waals surface area contributed by atoms with Gasteiger partial charge in [0.05, 0.1) is 11.6 Å². The molecule has 10 heteroatoms. The molecular weight excluding hydrogens is 622 g/mol. The maximum absolute atomic E-state index is 16.0. The second-order valence-corrected chi connectivity index (χ2v) is 13.6. The standard InChI is InChI=1S/C38H49F4N3O3/c1-8-48-15-11-32(30-20-29(19-27(7)36(30)39)35-25(5)17-24(4)18-26(35)6)43-37(47)33(16-23(2)3)45-22-28(10-14-44-12-9-13-44)31(21-34(45)46)38(40,41)42/h17-23,32-33H,8-16H2,1-7H3,(H,43,47)/t32-,33?/m0/s1. The summed E-state index contributed by atoms with van der Waals surface area (Å²) >= 11 is 0. The summed E-state index contributed by atoms with van der Waals surface area (Å²) in [5.41, 5.74) is 3.81. The molecule has 1 N–H and O–H groups in total. The average Bonchev–Trinajstić information content (AvgIpc) is 2.96. The molecular formula is C38H49F4N3O3. The summed E-state index contributed by atoms with van der Waals surface area (Å²) in [6.45, 7) is 16.1. The highest BCUT2D eigenvalue weighted by Crippen LogP contribution is 2.35. The predicted molar refractivity (Wildman–Crippen MR) is 182 cm³/mol. The zero-order valence-corrected chi connectivity index (χ0v) is 29.2. The van der Waals surface area contributed by atoms with Crippen molar-refractivity contribution in [3.05, 3.63) is 91.6 Å². The molecule has 1 aliphatic heterocycles. The van der Waals surface area contributed by atoms with Crippen molar-refractivity contribution in [2.45, 2.75) is 92.4 Å². The number of carbonyl (C=O) groups is 1. The van der Waals surface area contributed by atoms with E-state index in [1.807, 2.05) is 41.5 Å². The first-order valence-electron chi connectivity index (χ1n) is 16.9. The summed E-state index contributed by atoms with van der Waals surface area (Å²) in [5.74, 6) is -1.09. The first kappa shape index (κ1) is 37.3. The number of hydrogen-bond donors (Lipinski definition) is 1. The molecule has 2 heterocycles. The second-order valence-electron chi connectivity index (χ2n) is 13.6. The monoisotopic (exact) mass is 671 g/mol. The number of nitrogens with one attached hydrogen (secondary N) is 1. The van der Waals surface area contributed by atoms with E-state index in [4.69, 9.17) is 4.74 Å². The number of alkyl halides is 3. The van der Waals surface area contributed by atoms with Crippen LogP contribution < -0.4 is 10.9 Å². The Balaban J connectivity index is 1.77. The quantitative estimate of drug-likeness (QED) is 0.139. The van der Waals surface area contributed by atoms with Gasteiger partial charge >= 0.3 is 6.18 Å². The first-order valence-corrected chi connectivity index (χ1v) is 16.9. The summed E-state index contributed by atoms with van der Waals surface area (Å²) in [4.78, 5) is 29.6. The molecule has 2 atom stereocenters. The fourth-order valence-corrected chi connectivity index (χ4v) is 6.72. The topological polar surface area (TPSA) is 63.6 Å². The van der Waals surface area contributed by atoms with E-state index in [2.05, 4.69) is 22.3 Å². The molecule has 0 spiro atoms. The Labute approximate surface area is 281 Å². The number of rotatable bonds is 14. The fourth-order valence-electron chi connectivity index (χ4n) is 6.72. The third-order valence-corrected chi connectivity index (χ3v) is 9.14. The molecule has 0 radical (unpaired) electrons. The molecule has 48 heavy (non-hydrogen) atoms. The van der Waals surface area contributed by atoms with Crippen molar-refractivity contribution in [1.29, 1.82) is 0 Å². The van der Waals surface area contributed by atoms with Crippen molar-refractivity contribution >= 4 is 5.91 Å². The van der Waals surface area contributed by atoms with Gasteiger partial charge < -0.3 is 19.5 Å². The van der Waals surface area contributed by atoms with Gasteiger partial charge in [-0.3, -0.25) is 9.59 Å². The van der Waals surface area contributed by atoms with Crippen LogP contribution in [-0.2, 0) is 22.1 Å². The molecule has 1 aliphatic rings. The van der Waals surface area contributed by atoms with Gasteiger partial charge in [-0.25, -0.2) is 4.39 Å². The Morgan fingerprint density at radius 1 is 1.00 bits per heavy atom. The van der Waals surface area contributed by atoms with Crippen molar-refractivity contribution in [3.8, 4) is 11.1 Å². The lowest BCUT2D eigenvalue weighted by molar-refractivity contribution is -0.138. The predicted octanol–water partition coefficient (Wildman–Crippen LogP) is 8.03. The molecule has 0 bridgehead atoms. The number of pyridine rings is 1. The number of carbonyl (C=O) groups excluding carboxylic acids is 1. The summed E-state index contributed by atoms with van der Waals surface area (Å²) in [5, 5.41) is 2.99. The van der Waals surface area contributed by atoms with Crippen LogP contribution >= 0.6 is 0 Å². The number of amides is 1. The number of aromatic nitrogens is 1. The molecule has 6 nitrogen and oxygen atoms in total. The van der Waals surface area contributed by atoms with Gasteiger partial charge in [-0.1, -0.05) is 31.5 Å². The number of ether oxygens (including phenoxy) is 1. The largest absolute Gasteiger partial charge is 0.416 e. The highest BCUT2D eigenvalue weighted by Gasteiger charge is 2.36. The van der Waals surface area contributed by atoms with E-state index in [1.54, 1.807) is 19.1 Å². The van der Waals surface area contributed by atoms with Crippen LogP contribution in [0.2, 0.25) is 0 Å². The Hall–Kier alpha value is -3.50. The second kappa shape index (κ2) is 15.8. The number of likely N-dealkylation sites (tertiary alicyclic amines) is 1. The van der Waals surface area contributed by atoms with Gasteiger partial charge in [-0.2, -0.15) is 13.2 Å². The van der Waals surface area contributed by atoms with Gasteiger partial charge in [0.15, 0.2) is 0 Å². The molecule has 4 rings (SSSR count). The van der Waals surface area contributed by atoms with E-state index in [0.29, 0.717) is 24.8 Å². The maximum atomic E-state index is 16.0. The Bertz CT molecular complexity index is 1640. The number of aryl methyl sites for hydroxylation is 4. The lowest BCUT2D eigenvalue weighted by Gasteiger charge is -2.31. The highest BCUT2D eigenvalue weighted by molar-refractivity contribution is 5.81. The van der Waals surface area contributed by atoms with E-state index in [0.717, 1.165) is 51.9 Å². The van der Waals surface area contributed by atoms with Gasteiger partial charge in [0, 0.05) is 37.6 Å². The Morgan fingerprint density at radius 3 is 2.23 bits per heavy atom. The van der Waals surface area contributed by atoms with Gasteiger partial charge in [-0.15, -0.1) is 0 Å². The van der Waals surface area contributed by atoms with Crippen LogP contribution in [0, 0.1) is 39.4 Å². The molecule has 0 saturated carbocycles. The third kappa shape index (κ3) is 8.94. The minimum Gasteiger partial charge on any atom is -0.382 e. The van der Waals surface area contributed by atoms with Crippen molar-refractivity contribution in [1.82, 2.24) is 14.8 Å². The smallest absolute Gasteiger partial charge is 0.382 e.